The molecule has 12 nitrogen and oxygen atoms in total. The molecule has 66 heavy (non-hydrogen) atoms. The molecular formula is C53H94O12S. The minimum atomic E-state index is -4.61. The van der Waals surface area contributed by atoms with Crippen molar-refractivity contribution in [2.75, 3.05) is 19.0 Å². The normalized spacial score (nSPS) is 19.8. The summed E-state index contributed by atoms with van der Waals surface area (Å²) in [7, 11) is -4.61. The number of rotatable bonds is 44. The Kier molecular flexibility index (Phi) is 39.9. The van der Waals surface area contributed by atoms with Crippen molar-refractivity contribution < 1.29 is 56.8 Å². The summed E-state index contributed by atoms with van der Waals surface area (Å²) in [6.07, 6.45) is 43.0. The zero-order valence-corrected chi connectivity index (χ0v) is 42.1. The van der Waals surface area contributed by atoms with E-state index in [-0.39, 0.29) is 19.4 Å². The minimum Gasteiger partial charge on any atom is -0.462 e. The Morgan fingerprint density at radius 3 is 1.44 bits per heavy atom. The van der Waals surface area contributed by atoms with E-state index < -0.39 is 71.2 Å². The van der Waals surface area contributed by atoms with Crippen LogP contribution in [0.25, 0.3) is 0 Å². The van der Waals surface area contributed by atoms with Gasteiger partial charge >= 0.3 is 11.9 Å². The molecule has 4 N–H and O–H groups in total. The molecule has 1 rings (SSSR count). The molecule has 1 aliphatic rings. The Labute approximate surface area is 401 Å². The highest BCUT2D eigenvalue weighted by atomic mass is 32.2. The van der Waals surface area contributed by atoms with E-state index >= 15 is 0 Å². The third-order valence-electron chi connectivity index (χ3n) is 11.9. The molecule has 13 heteroatoms. The van der Waals surface area contributed by atoms with Crippen LogP contribution in [0.15, 0.2) is 48.6 Å². The Hall–Kier alpha value is -2.39. The first-order chi connectivity index (χ1) is 32.0. The van der Waals surface area contributed by atoms with Gasteiger partial charge in [-0.15, -0.1) is 0 Å². The third kappa shape index (κ3) is 36.6. The van der Waals surface area contributed by atoms with Crippen molar-refractivity contribution in [1.29, 1.82) is 0 Å². The van der Waals surface area contributed by atoms with Gasteiger partial charge in [0.25, 0.3) is 10.1 Å². The number of aliphatic hydroxyl groups excluding tert-OH is 3. The number of carbonyl (C=O) groups is 2. The average molecular weight is 955 g/mol. The van der Waals surface area contributed by atoms with E-state index in [1.807, 2.05) is 0 Å². The van der Waals surface area contributed by atoms with Crippen molar-refractivity contribution in [2.24, 2.45) is 0 Å². The number of allylic oxidation sites excluding steroid dienone is 8. The number of carbonyl (C=O) groups excluding carboxylic acids is 2. The van der Waals surface area contributed by atoms with Gasteiger partial charge in [-0.25, -0.2) is 0 Å². The Bertz CT molecular complexity index is 1400. The van der Waals surface area contributed by atoms with Crippen LogP contribution < -0.4 is 0 Å². The summed E-state index contributed by atoms with van der Waals surface area (Å²) in [5, 5.41) is 31.0. The summed E-state index contributed by atoms with van der Waals surface area (Å²) in [5.74, 6) is -2.00. The molecule has 0 aromatic rings. The number of ether oxygens (including phenoxy) is 4. The highest BCUT2D eigenvalue weighted by molar-refractivity contribution is 7.85. The molecular weight excluding hydrogens is 861 g/mol. The van der Waals surface area contributed by atoms with Crippen LogP contribution in [0.2, 0.25) is 0 Å². The number of hydrogen-bond donors (Lipinski definition) is 4. The molecule has 0 radical (unpaired) electrons. The zero-order chi connectivity index (χ0) is 48.4. The molecule has 1 fully saturated rings. The van der Waals surface area contributed by atoms with Crippen molar-refractivity contribution in [3.8, 4) is 0 Å². The topological polar surface area (TPSA) is 186 Å². The summed E-state index contributed by atoms with van der Waals surface area (Å²) in [6, 6.07) is 0. The van der Waals surface area contributed by atoms with Gasteiger partial charge in [0, 0.05) is 12.8 Å². The first-order valence-corrected chi connectivity index (χ1v) is 27.8. The van der Waals surface area contributed by atoms with Gasteiger partial charge < -0.3 is 34.3 Å². The average Bonchev–Trinajstić information content (AvgIpc) is 3.28. The van der Waals surface area contributed by atoms with E-state index in [4.69, 9.17) is 18.9 Å². The van der Waals surface area contributed by atoms with E-state index in [0.717, 1.165) is 70.6 Å². The second kappa shape index (κ2) is 42.7. The SMILES string of the molecule is CC/C=C\C/C=C\C/C=C\CCCCCCCC(=O)OC(COC(=O)CCCCCCCCCCCCC/C=C\CCCCCCCCCC)COC1OC(CS(=O)(=O)O)C(O)C(O)C1O. The van der Waals surface area contributed by atoms with Crippen LogP contribution in [0.1, 0.15) is 219 Å². The maximum atomic E-state index is 12.8. The predicted octanol–water partition coefficient (Wildman–Crippen LogP) is 11.9. The number of esters is 2. The summed E-state index contributed by atoms with van der Waals surface area (Å²) < 4.78 is 54.2. The molecule has 0 saturated carbocycles. The maximum absolute atomic E-state index is 12.8. The summed E-state index contributed by atoms with van der Waals surface area (Å²) in [4.78, 5) is 25.5. The highest BCUT2D eigenvalue weighted by Crippen LogP contribution is 2.24. The fraction of sp³-hybridized carbons (Fsp3) is 0.811. The third-order valence-corrected chi connectivity index (χ3v) is 12.6. The quantitative estimate of drug-likeness (QED) is 0.0196. The van der Waals surface area contributed by atoms with Crippen LogP contribution in [0.5, 0.6) is 0 Å². The fourth-order valence-electron chi connectivity index (χ4n) is 7.86. The lowest BCUT2D eigenvalue weighted by Gasteiger charge is -2.40. The monoisotopic (exact) mass is 955 g/mol. The first-order valence-electron chi connectivity index (χ1n) is 26.2. The van der Waals surface area contributed by atoms with Crippen molar-refractivity contribution in [3.05, 3.63) is 48.6 Å². The molecule has 0 aromatic carbocycles. The lowest BCUT2D eigenvalue weighted by atomic mass is 10.00. The van der Waals surface area contributed by atoms with Crippen LogP contribution in [0, 0.1) is 0 Å². The lowest BCUT2D eigenvalue weighted by molar-refractivity contribution is -0.297. The lowest BCUT2D eigenvalue weighted by Crippen LogP contribution is -2.60. The van der Waals surface area contributed by atoms with Gasteiger partial charge in [0.1, 0.15) is 36.8 Å². The number of aliphatic hydroxyl groups is 3. The van der Waals surface area contributed by atoms with Crippen molar-refractivity contribution in [1.82, 2.24) is 0 Å². The molecule has 0 aromatic heterocycles. The second-order valence-electron chi connectivity index (χ2n) is 18.2. The van der Waals surface area contributed by atoms with Gasteiger partial charge in [0.15, 0.2) is 12.4 Å². The summed E-state index contributed by atoms with van der Waals surface area (Å²) >= 11 is 0. The van der Waals surface area contributed by atoms with Crippen molar-refractivity contribution in [3.63, 3.8) is 0 Å². The largest absolute Gasteiger partial charge is 0.462 e. The first kappa shape index (κ1) is 61.6. The number of unbranched alkanes of at least 4 members (excludes halogenated alkanes) is 24. The number of hydrogen-bond acceptors (Lipinski definition) is 11. The van der Waals surface area contributed by atoms with E-state index in [1.54, 1.807) is 0 Å². The van der Waals surface area contributed by atoms with Crippen LogP contribution >= 0.6 is 0 Å². The van der Waals surface area contributed by atoms with Crippen molar-refractivity contribution >= 4 is 22.1 Å². The summed E-state index contributed by atoms with van der Waals surface area (Å²) in [6.45, 7) is 3.66. The van der Waals surface area contributed by atoms with Crippen LogP contribution in [0.3, 0.4) is 0 Å². The van der Waals surface area contributed by atoms with E-state index in [2.05, 4.69) is 62.5 Å². The van der Waals surface area contributed by atoms with Gasteiger partial charge in [0.2, 0.25) is 0 Å². The van der Waals surface area contributed by atoms with Gasteiger partial charge in [-0.2, -0.15) is 8.42 Å². The van der Waals surface area contributed by atoms with E-state index in [0.29, 0.717) is 12.8 Å². The molecule has 0 aliphatic carbocycles. The molecule has 0 spiro atoms. The van der Waals surface area contributed by atoms with Gasteiger partial charge in [0.05, 0.1) is 6.61 Å². The molecule has 0 bridgehead atoms. The van der Waals surface area contributed by atoms with Crippen molar-refractivity contribution in [2.45, 2.75) is 256 Å². The second-order valence-corrected chi connectivity index (χ2v) is 19.7. The van der Waals surface area contributed by atoms with Gasteiger partial charge in [-0.3, -0.25) is 14.1 Å². The molecule has 6 atom stereocenters. The Morgan fingerprint density at radius 1 is 0.530 bits per heavy atom. The Balaban J connectivity index is 2.34. The molecule has 6 unspecified atom stereocenters. The summed E-state index contributed by atoms with van der Waals surface area (Å²) in [5.41, 5.74) is 0. The van der Waals surface area contributed by atoms with Gasteiger partial charge in [-0.1, -0.05) is 184 Å². The molecule has 1 aliphatic heterocycles. The molecule has 384 valence electrons. The molecule has 1 saturated heterocycles. The van der Waals surface area contributed by atoms with Gasteiger partial charge in [-0.05, 0) is 70.6 Å². The fourth-order valence-corrected chi connectivity index (χ4v) is 8.55. The predicted molar refractivity (Wildman–Crippen MR) is 266 cm³/mol. The van der Waals surface area contributed by atoms with Crippen LogP contribution in [0.4, 0.5) is 0 Å². The van der Waals surface area contributed by atoms with Crippen LogP contribution in [-0.2, 0) is 38.7 Å². The van der Waals surface area contributed by atoms with Crippen LogP contribution in [-0.4, -0.2) is 96.0 Å². The van der Waals surface area contributed by atoms with E-state index in [1.165, 1.54) is 109 Å². The zero-order valence-electron chi connectivity index (χ0n) is 41.3. The standard InChI is InChI=1S/C53H94O12S/c1-3-5-7-9-11-13-15-17-19-20-21-22-23-24-25-26-28-29-31-33-35-37-39-41-48(54)62-43-46(44-63-53-52(58)51(57)50(56)47(65-53)45-66(59,60)61)64-49(55)42-40-38-36-34-32-30-27-18-16-14-12-10-8-6-4-2/h6,8,12,14,18,20-21,27,46-47,50-53,56-58H,3-5,7,9-11,13,15-17,19,22-26,28-45H2,1-2H3,(H,59,60,61)/b8-6-,14-12-,21-20-,27-18-. The highest BCUT2D eigenvalue weighted by Gasteiger charge is 2.46. The molecule has 1 heterocycles. The minimum absolute atomic E-state index is 0.144. The maximum Gasteiger partial charge on any atom is 0.306 e. The molecule has 0 amide bonds. The smallest absolute Gasteiger partial charge is 0.306 e. The van der Waals surface area contributed by atoms with E-state index in [9.17, 15) is 37.9 Å². The Morgan fingerprint density at radius 2 is 0.955 bits per heavy atom.